The zero-order chi connectivity index (χ0) is 14.6. The summed E-state index contributed by atoms with van der Waals surface area (Å²) in [6.07, 6.45) is 5.81. The van der Waals surface area contributed by atoms with E-state index >= 15 is 0 Å². The van der Waals surface area contributed by atoms with Gasteiger partial charge in [-0.05, 0) is 31.0 Å². The summed E-state index contributed by atoms with van der Waals surface area (Å²) in [4.78, 5) is 12.1. The fourth-order valence-electron chi connectivity index (χ4n) is 2.69. The van der Waals surface area contributed by atoms with Gasteiger partial charge < -0.3 is 21.9 Å². The van der Waals surface area contributed by atoms with E-state index in [9.17, 15) is 9.90 Å². The molecule has 1 fully saturated rings. The van der Waals surface area contributed by atoms with Gasteiger partial charge in [0.05, 0.1) is 11.2 Å². The first kappa shape index (κ1) is 14.7. The van der Waals surface area contributed by atoms with Crippen LogP contribution in [0.1, 0.15) is 48.9 Å². The Labute approximate surface area is 119 Å². The SMILES string of the molecule is Nc1ccc(C(=O)NCC2(O)CCCCCC2)c(N)c1. The Bertz CT molecular complexity index is 480. The summed E-state index contributed by atoms with van der Waals surface area (Å²) in [5, 5.41) is 13.3. The van der Waals surface area contributed by atoms with Crippen LogP contribution in [0.5, 0.6) is 0 Å². The monoisotopic (exact) mass is 277 g/mol. The highest BCUT2D eigenvalue weighted by atomic mass is 16.3. The average Bonchev–Trinajstić information content (AvgIpc) is 2.61. The van der Waals surface area contributed by atoms with Gasteiger partial charge in [-0.15, -0.1) is 0 Å². The minimum atomic E-state index is -0.783. The van der Waals surface area contributed by atoms with Crippen molar-refractivity contribution in [1.29, 1.82) is 0 Å². The number of hydrogen-bond donors (Lipinski definition) is 4. The second-order valence-electron chi connectivity index (χ2n) is 5.67. The van der Waals surface area contributed by atoms with Gasteiger partial charge in [0.1, 0.15) is 0 Å². The van der Waals surface area contributed by atoms with Crippen LogP contribution in [0.25, 0.3) is 0 Å². The summed E-state index contributed by atoms with van der Waals surface area (Å²) in [6, 6.07) is 4.82. The molecule has 0 bridgehead atoms. The molecule has 0 spiro atoms. The van der Waals surface area contributed by atoms with E-state index in [1.54, 1.807) is 18.2 Å². The van der Waals surface area contributed by atoms with Crippen LogP contribution in [0, 0.1) is 0 Å². The topological polar surface area (TPSA) is 101 Å². The lowest BCUT2D eigenvalue weighted by Gasteiger charge is -2.26. The molecule has 110 valence electrons. The van der Waals surface area contributed by atoms with Crippen LogP contribution in [0.2, 0.25) is 0 Å². The van der Waals surface area contributed by atoms with E-state index in [0.717, 1.165) is 38.5 Å². The Morgan fingerprint density at radius 1 is 1.20 bits per heavy atom. The molecular formula is C15H23N3O2. The van der Waals surface area contributed by atoms with Crippen molar-refractivity contribution in [2.45, 2.75) is 44.1 Å². The van der Waals surface area contributed by atoms with E-state index in [4.69, 9.17) is 11.5 Å². The Balaban J connectivity index is 1.97. The van der Waals surface area contributed by atoms with Gasteiger partial charge in [-0.25, -0.2) is 0 Å². The van der Waals surface area contributed by atoms with Crippen molar-refractivity contribution in [3.63, 3.8) is 0 Å². The Kier molecular flexibility index (Phi) is 4.49. The zero-order valence-electron chi connectivity index (χ0n) is 11.7. The molecular weight excluding hydrogens is 254 g/mol. The van der Waals surface area contributed by atoms with Crippen molar-refractivity contribution in [3.8, 4) is 0 Å². The van der Waals surface area contributed by atoms with E-state index < -0.39 is 5.60 Å². The van der Waals surface area contributed by atoms with Gasteiger partial charge >= 0.3 is 0 Å². The molecule has 0 aliphatic heterocycles. The highest BCUT2D eigenvalue weighted by Gasteiger charge is 2.28. The number of nitrogen functional groups attached to an aromatic ring is 2. The van der Waals surface area contributed by atoms with E-state index in [1.807, 2.05) is 0 Å². The van der Waals surface area contributed by atoms with Crippen LogP contribution in [-0.4, -0.2) is 23.2 Å². The van der Waals surface area contributed by atoms with Crippen LogP contribution in [0.15, 0.2) is 18.2 Å². The second-order valence-corrected chi connectivity index (χ2v) is 5.67. The number of anilines is 2. The quantitative estimate of drug-likeness (QED) is 0.498. The van der Waals surface area contributed by atoms with Crippen molar-refractivity contribution in [2.24, 2.45) is 0 Å². The van der Waals surface area contributed by atoms with Crippen molar-refractivity contribution in [1.82, 2.24) is 5.32 Å². The number of nitrogens with two attached hydrogens (primary N) is 2. The first-order chi connectivity index (χ1) is 9.50. The molecule has 1 saturated carbocycles. The van der Waals surface area contributed by atoms with Gasteiger partial charge in [-0.2, -0.15) is 0 Å². The molecule has 0 radical (unpaired) electrons. The molecule has 20 heavy (non-hydrogen) atoms. The van der Waals surface area contributed by atoms with Crippen LogP contribution in [0.4, 0.5) is 11.4 Å². The van der Waals surface area contributed by atoms with E-state index in [1.165, 1.54) is 0 Å². The van der Waals surface area contributed by atoms with E-state index in [2.05, 4.69) is 5.32 Å². The third-order valence-corrected chi connectivity index (χ3v) is 3.93. The van der Waals surface area contributed by atoms with Gasteiger partial charge in [0.2, 0.25) is 0 Å². The fraction of sp³-hybridized carbons (Fsp3) is 0.533. The van der Waals surface area contributed by atoms with Crippen molar-refractivity contribution in [2.75, 3.05) is 18.0 Å². The van der Waals surface area contributed by atoms with Crippen LogP contribution in [-0.2, 0) is 0 Å². The molecule has 0 heterocycles. The van der Waals surface area contributed by atoms with E-state index in [0.29, 0.717) is 16.9 Å². The molecule has 1 aromatic rings. The Morgan fingerprint density at radius 3 is 2.45 bits per heavy atom. The van der Waals surface area contributed by atoms with Gasteiger partial charge in [0, 0.05) is 17.9 Å². The number of carbonyl (C=O) groups excluding carboxylic acids is 1. The predicted octanol–water partition coefficient (Wildman–Crippen LogP) is 1.67. The summed E-state index contributed by atoms with van der Waals surface area (Å²) in [5.41, 5.74) is 11.9. The molecule has 0 aromatic heterocycles. The number of rotatable bonds is 3. The molecule has 1 amide bonds. The number of amides is 1. The molecule has 6 N–H and O–H groups in total. The first-order valence-corrected chi connectivity index (χ1v) is 7.16. The predicted molar refractivity (Wildman–Crippen MR) is 80.3 cm³/mol. The molecule has 0 saturated heterocycles. The number of hydrogen-bond acceptors (Lipinski definition) is 4. The van der Waals surface area contributed by atoms with Gasteiger partial charge in [0.15, 0.2) is 0 Å². The van der Waals surface area contributed by atoms with Crippen LogP contribution in [0.3, 0.4) is 0 Å². The maximum atomic E-state index is 12.1. The van der Waals surface area contributed by atoms with Gasteiger partial charge in [-0.1, -0.05) is 25.7 Å². The van der Waals surface area contributed by atoms with Crippen molar-refractivity contribution < 1.29 is 9.90 Å². The largest absolute Gasteiger partial charge is 0.399 e. The molecule has 1 aliphatic rings. The maximum absolute atomic E-state index is 12.1. The first-order valence-electron chi connectivity index (χ1n) is 7.16. The number of nitrogens with one attached hydrogen (secondary N) is 1. The molecule has 0 atom stereocenters. The minimum Gasteiger partial charge on any atom is -0.399 e. The van der Waals surface area contributed by atoms with Crippen LogP contribution < -0.4 is 16.8 Å². The Morgan fingerprint density at radius 2 is 1.85 bits per heavy atom. The average molecular weight is 277 g/mol. The van der Waals surface area contributed by atoms with Gasteiger partial charge in [-0.3, -0.25) is 4.79 Å². The lowest BCUT2D eigenvalue weighted by atomic mass is 9.94. The summed E-state index contributed by atoms with van der Waals surface area (Å²) in [5.74, 6) is -0.264. The highest BCUT2D eigenvalue weighted by molar-refractivity contribution is 5.99. The zero-order valence-corrected chi connectivity index (χ0v) is 11.7. The fourth-order valence-corrected chi connectivity index (χ4v) is 2.69. The lowest BCUT2D eigenvalue weighted by molar-refractivity contribution is 0.0246. The normalized spacial score (nSPS) is 18.2. The Hall–Kier alpha value is -1.75. The molecule has 5 nitrogen and oxygen atoms in total. The summed E-state index contributed by atoms with van der Waals surface area (Å²) in [6.45, 7) is 0.273. The second kappa shape index (κ2) is 6.13. The number of aliphatic hydroxyl groups is 1. The molecule has 1 aliphatic carbocycles. The summed E-state index contributed by atoms with van der Waals surface area (Å²) >= 11 is 0. The molecule has 5 heteroatoms. The smallest absolute Gasteiger partial charge is 0.253 e. The standard InChI is InChI=1S/C15H23N3O2/c16-11-5-6-12(13(17)9-11)14(19)18-10-15(20)7-3-1-2-4-8-15/h5-6,9,20H,1-4,7-8,10,16-17H2,(H,18,19). The summed E-state index contributed by atoms with van der Waals surface area (Å²) in [7, 11) is 0. The minimum absolute atomic E-state index is 0.264. The molecule has 2 rings (SSSR count). The van der Waals surface area contributed by atoms with Gasteiger partial charge in [0.25, 0.3) is 5.91 Å². The van der Waals surface area contributed by atoms with Crippen molar-refractivity contribution in [3.05, 3.63) is 23.8 Å². The molecule has 1 aromatic carbocycles. The van der Waals surface area contributed by atoms with Crippen molar-refractivity contribution >= 4 is 17.3 Å². The van der Waals surface area contributed by atoms with E-state index in [-0.39, 0.29) is 12.5 Å². The number of carbonyl (C=O) groups is 1. The maximum Gasteiger partial charge on any atom is 0.253 e. The highest BCUT2D eigenvalue weighted by Crippen LogP contribution is 2.26. The third-order valence-electron chi connectivity index (χ3n) is 3.93. The number of benzene rings is 1. The molecule has 0 unspecified atom stereocenters. The lowest BCUT2D eigenvalue weighted by Crippen LogP contribution is -2.42. The summed E-state index contributed by atoms with van der Waals surface area (Å²) < 4.78 is 0. The van der Waals surface area contributed by atoms with Crippen LogP contribution >= 0.6 is 0 Å². The third kappa shape index (κ3) is 3.63.